The molecule has 0 atom stereocenters. The predicted octanol–water partition coefficient (Wildman–Crippen LogP) is 2.70. The van der Waals surface area contributed by atoms with Gasteiger partial charge in [0.2, 0.25) is 5.95 Å². The Kier molecular flexibility index (Phi) is 4.01. The minimum absolute atomic E-state index is 0.165. The molecule has 1 aliphatic rings. The summed E-state index contributed by atoms with van der Waals surface area (Å²) in [4.78, 5) is 13.8. The van der Waals surface area contributed by atoms with Gasteiger partial charge in [0.1, 0.15) is 11.3 Å². The lowest BCUT2D eigenvalue weighted by Crippen LogP contribution is -2.29. The van der Waals surface area contributed by atoms with Gasteiger partial charge in [-0.3, -0.25) is 0 Å². The van der Waals surface area contributed by atoms with Gasteiger partial charge in [0.15, 0.2) is 5.65 Å². The molecule has 0 aliphatic heterocycles. The molecule has 0 bridgehead atoms. The molecule has 4 aromatic heterocycles. The van der Waals surface area contributed by atoms with Crippen molar-refractivity contribution in [2.45, 2.75) is 44.8 Å². The van der Waals surface area contributed by atoms with Gasteiger partial charge in [-0.1, -0.05) is 0 Å². The molecular formula is C20H23N7O. The highest BCUT2D eigenvalue weighted by atomic mass is 16.3. The van der Waals surface area contributed by atoms with Gasteiger partial charge in [-0.15, -0.1) is 5.10 Å². The summed E-state index contributed by atoms with van der Waals surface area (Å²) in [5.41, 5.74) is 4.55. The summed E-state index contributed by atoms with van der Waals surface area (Å²) in [6.07, 6.45) is 7.14. The Hall–Kier alpha value is -3.00. The van der Waals surface area contributed by atoms with E-state index in [2.05, 4.69) is 20.4 Å². The molecule has 2 N–H and O–H groups in total. The van der Waals surface area contributed by atoms with E-state index in [1.165, 1.54) is 0 Å². The molecular weight excluding hydrogens is 354 g/mol. The minimum Gasteiger partial charge on any atom is -0.393 e. The van der Waals surface area contributed by atoms with Gasteiger partial charge in [0.05, 0.1) is 23.5 Å². The third-order valence-electron chi connectivity index (χ3n) is 5.66. The number of anilines is 1. The van der Waals surface area contributed by atoms with E-state index < -0.39 is 0 Å². The lowest BCUT2D eigenvalue weighted by Gasteiger charge is -2.26. The van der Waals surface area contributed by atoms with Gasteiger partial charge in [0, 0.05) is 24.8 Å². The molecule has 1 fully saturated rings. The normalized spacial score (nSPS) is 20.1. The summed E-state index contributed by atoms with van der Waals surface area (Å²) in [5.74, 6) is 1.55. The number of hydrogen-bond donors (Lipinski definition) is 2. The van der Waals surface area contributed by atoms with Gasteiger partial charge in [-0.05, 0) is 50.8 Å². The Labute approximate surface area is 162 Å². The molecule has 0 saturated heterocycles. The van der Waals surface area contributed by atoms with Crippen LogP contribution in [-0.2, 0) is 7.05 Å². The maximum absolute atomic E-state index is 9.66. The summed E-state index contributed by atoms with van der Waals surface area (Å²) in [5, 5.41) is 17.7. The van der Waals surface area contributed by atoms with Gasteiger partial charge in [-0.2, -0.15) is 0 Å². The van der Waals surface area contributed by atoms with Crippen LogP contribution in [0.1, 0.15) is 31.5 Å². The minimum atomic E-state index is -0.165. The van der Waals surface area contributed by atoms with Crippen LogP contribution in [0.2, 0.25) is 0 Å². The molecule has 0 aromatic carbocycles. The number of nitrogens with one attached hydrogen (secondary N) is 1. The van der Waals surface area contributed by atoms with Crippen LogP contribution in [0.5, 0.6) is 0 Å². The van der Waals surface area contributed by atoms with E-state index >= 15 is 0 Å². The molecule has 1 saturated carbocycles. The molecule has 0 radical (unpaired) electrons. The van der Waals surface area contributed by atoms with Crippen molar-refractivity contribution in [1.29, 1.82) is 0 Å². The molecule has 0 unspecified atom stereocenters. The second-order valence-corrected chi connectivity index (χ2v) is 7.55. The maximum atomic E-state index is 9.66. The number of fused-ring (bicyclic) bond motifs is 2. The summed E-state index contributed by atoms with van der Waals surface area (Å²) in [7, 11) is 1.98. The lowest BCUT2D eigenvalue weighted by atomic mass is 9.93. The molecule has 4 heterocycles. The van der Waals surface area contributed by atoms with E-state index in [0.29, 0.717) is 12.0 Å². The van der Waals surface area contributed by atoms with E-state index in [9.17, 15) is 5.11 Å². The average Bonchev–Trinajstić information content (AvgIpc) is 3.24. The molecule has 28 heavy (non-hydrogen) atoms. The summed E-state index contributed by atoms with van der Waals surface area (Å²) >= 11 is 0. The molecule has 4 aromatic rings. The zero-order valence-corrected chi connectivity index (χ0v) is 16.0. The monoisotopic (exact) mass is 377 g/mol. The van der Waals surface area contributed by atoms with E-state index in [4.69, 9.17) is 4.98 Å². The van der Waals surface area contributed by atoms with Crippen LogP contribution in [0.15, 0.2) is 30.6 Å². The number of nitrogens with zero attached hydrogens (tertiary/aromatic N) is 6. The standard InChI is InChI=1S/C20H23N7O/c1-12-22-17-8-7-16(24-19(17)26(12)2)15-9-10-27-18(15)11-21-20(25-27)23-13-3-5-14(28)6-4-13/h7-11,13-14,28H,3-6H2,1-2H3,(H,23,25). The molecule has 8 nitrogen and oxygen atoms in total. The fraction of sp³-hybridized carbons (Fsp3) is 0.400. The predicted molar refractivity (Wildman–Crippen MR) is 107 cm³/mol. The maximum Gasteiger partial charge on any atom is 0.241 e. The molecule has 0 amide bonds. The Bertz CT molecular complexity index is 1150. The summed E-state index contributed by atoms with van der Waals surface area (Å²) in [6.45, 7) is 1.98. The summed E-state index contributed by atoms with van der Waals surface area (Å²) in [6, 6.07) is 6.32. The van der Waals surface area contributed by atoms with Crippen molar-refractivity contribution in [2.75, 3.05) is 5.32 Å². The van der Waals surface area contributed by atoms with Gasteiger partial charge < -0.3 is 15.0 Å². The van der Waals surface area contributed by atoms with Crippen molar-refractivity contribution in [2.24, 2.45) is 7.05 Å². The van der Waals surface area contributed by atoms with Gasteiger partial charge in [-0.25, -0.2) is 19.5 Å². The van der Waals surface area contributed by atoms with Crippen molar-refractivity contribution in [3.8, 4) is 11.3 Å². The van der Waals surface area contributed by atoms with Crippen LogP contribution in [-0.4, -0.2) is 46.4 Å². The molecule has 5 rings (SSSR count). The van der Waals surface area contributed by atoms with Crippen molar-refractivity contribution in [1.82, 2.24) is 29.1 Å². The Morgan fingerprint density at radius 2 is 1.93 bits per heavy atom. The highest BCUT2D eigenvalue weighted by Crippen LogP contribution is 2.26. The fourth-order valence-corrected chi connectivity index (χ4v) is 3.91. The first-order valence-electron chi connectivity index (χ1n) is 9.68. The lowest BCUT2D eigenvalue weighted by molar-refractivity contribution is 0.126. The third-order valence-corrected chi connectivity index (χ3v) is 5.66. The van der Waals surface area contributed by atoms with Crippen LogP contribution < -0.4 is 5.32 Å². The van der Waals surface area contributed by atoms with E-state index in [1.54, 1.807) is 0 Å². The number of aliphatic hydroxyl groups excluding tert-OH is 1. The Balaban J connectivity index is 1.46. The van der Waals surface area contributed by atoms with Crippen LogP contribution >= 0.6 is 0 Å². The van der Waals surface area contributed by atoms with Crippen molar-refractivity contribution >= 4 is 22.6 Å². The van der Waals surface area contributed by atoms with Crippen LogP contribution in [0.3, 0.4) is 0 Å². The second-order valence-electron chi connectivity index (χ2n) is 7.55. The third kappa shape index (κ3) is 2.90. The highest BCUT2D eigenvalue weighted by Gasteiger charge is 2.20. The topological polar surface area (TPSA) is 93.2 Å². The molecule has 144 valence electrons. The first kappa shape index (κ1) is 17.1. The smallest absolute Gasteiger partial charge is 0.241 e. The van der Waals surface area contributed by atoms with E-state index in [-0.39, 0.29) is 6.10 Å². The molecule has 8 heteroatoms. The quantitative estimate of drug-likeness (QED) is 0.570. The van der Waals surface area contributed by atoms with E-state index in [0.717, 1.165) is 59.4 Å². The number of aliphatic hydroxyl groups is 1. The van der Waals surface area contributed by atoms with Crippen molar-refractivity contribution in [3.63, 3.8) is 0 Å². The number of rotatable bonds is 3. The number of aryl methyl sites for hydroxylation is 2. The number of imidazole rings is 1. The molecule has 1 aliphatic carbocycles. The van der Waals surface area contributed by atoms with Crippen molar-refractivity contribution in [3.05, 3.63) is 36.4 Å². The Morgan fingerprint density at radius 1 is 1.11 bits per heavy atom. The van der Waals surface area contributed by atoms with Gasteiger partial charge in [0.25, 0.3) is 0 Å². The van der Waals surface area contributed by atoms with E-state index in [1.807, 2.05) is 53.6 Å². The van der Waals surface area contributed by atoms with Gasteiger partial charge >= 0.3 is 0 Å². The van der Waals surface area contributed by atoms with Crippen LogP contribution in [0.25, 0.3) is 27.9 Å². The average molecular weight is 377 g/mol. The van der Waals surface area contributed by atoms with Crippen molar-refractivity contribution < 1.29 is 5.11 Å². The number of pyridine rings is 1. The zero-order chi connectivity index (χ0) is 19.3. The summed E-state index contributed by atoms with van der Waals surface area (Å²) < 4.78 is 3.83. The zero-order valence-electron chi connectivity index (χ0n) is 16.0. The highest BCUT2D eigenvalue weighted by molar-refractivity contribution is 5.82. The number of aromatic nitrogens is 6. The Morgan fingerprint density at radius 3 is 2.75 bits per heavy atom. The fourth-order valence-electron chi connectivity index (χ4n) is 3.91. The first-order valence-corrected chi connectivity index (χ1v) is 9.68. The van der Waals surface area contributed by atoms with Crippen LogP contribution in [0.4, 0.5) is 5.95 Å². The largest absolute Gasteiger partial charge is 0.393 e. The molecule has 0 spiro atoms. The first-order chi connectivity index (χ1) is 13.6. The van der Waals surface area contributed by atoms with Crippen LogP contribution in [0, 0.1) is 6.92 Å². The SMILES string of the molecule is Cc1nc2ccc(-c3ccn4nc(NC5CCC(O)CC5)ncc34)nc2n1C. The second kappa shape index (κ2) is 6.56. The number of hydrogen-bond acceptors (Lipinski definition) is 6.